The quantitative estimate of drug-likeness (QED) is 0.454. The fraction of sp³-hybridized carbons (Fsp3) is 0.273. The van der Waals surface area contributed by atoms with Gasteiger partial charge in [0.05, 0.1) is 18.3 Å². The van der Waals surface area contributed by atoms with Crippen molar-refractivity contribution >= 4 is 6.08 Å². The molecule has 4 heteroatoms. The van der Waals surface area contributed by atoms with E-state index in [1.807, 2.05) is 48.6 Å². The molecule has 1 atom stereocenters. The van der Waals surface area contributed by atoms with E-state index in [4.69, 9.17) is 4.74 Å². The number of rotatable bonds is 9. The van der Waals surface area contributed by atoms with Gasteiger partial charge in [0.2, 0.25) is 0 Å². The summed E-state index contributed by atoms with van der Waals surface area (Å²) in [5, 5.41) is 0. The van der Waals surface area contributed by atoms with Gasteiger partial charge in [-0.05, 0) is 42.5 Å². The highest BCUT2D eigenvalue weighted by atomic mass is 19.4. The molecule has 0 N–H and O–H groups in total. The maximum Gasteiger partial charge on any atom is 0.416 e. The second-order valence-corrected chi connectivity index (χ2v) is 6.04. The van der Waals surface area contributed by atoms with Gasteiger partial charge in [-0.2, -0.15) is 13.2 Å². The Balaban J connectivity index is 1.81. The lowest BCUT2D eigenvalue weighted by Crippen LogP contribution is -2.11. The highest BCUT2D eigenvalue weighted by Crippen LogP contribution is 2.29. The minimum absolute atomic E-state index is 0.0740. The number of alkyl halides is 3. The van der Waals surface area contributed by atoms with Crippen molar-refractivity contribution in [3.63, 3.8) is 0 Å². The lowest BCUT2D eigenvalue weighted by atomic mass is 10.1. The van der Waals surface area contributed by atoms with Gasteiger partial charge in [0.1, 0.15) is 0 Å². The molecule has 0 bridgehead atoms. The third-order valence-corrected chi connectivity index (χ3v) is 3.96. The molecule has 0 aliphatic rings. The van der Waals surface area contributed by atoms with Crippen molar-refractivity contribution in [2.24, 2.45) is 0 Å². The molecule has 0 spiro atoms. The Bertz CT molecular complexity index is 688. The van der Waals surface area contributed by atoms with Crippen LogP contribution in [0.15, 0.2) is 73.3 Å². The second kappa shape index (κ2) is 9.97. The lowest BCUT2D eigenvalue weighted by Gasteiger charge is -2.15. The summed E-state index contributed by atoms with van der Waals surface area (Å²) in [6.07, 6.45) is 3.80. The van der Waals surface area contributed by atoms with Crippen LogP contribution in [0.5, 0.6) is 0 Å². The molecule has 2 aromatic rings. The van der Waals surface area contributed by atoms with Crippen molar-refractivity contribution in [2.45, 2.75) is 38.1 Å². The molecule has 0 aromatic heterocycles. The molecule has 0 heterocycles. The summed E-state index contributed by atoms with van der Waals surface area (Å²) in [6.45, 7) is 4.33. The summed E-state index contributed by atoms with van der Waals surface area (Å²) in [4.78, 5) is 0. The molecule has 0 saturated carbocycles. The third-order valence-electron chi connectivity index (χ3n) is 3.96. The molecule has 2 rings (SSSR count). The molecule has 0 amide bonds. The van der Waals surface area contributed by atoms with Gasteiger partial charge in [0, 0.05) is 0 Å². The molecule has 0 aliphatic carbocycles. The fourth-order valence-corrected chi connectivity index (χ4v) is 2.53. The Morgan fingerprint density at radius 2 is 1.69 bits per heavy atom. The highest BCUT2D eigenvalue weighted by molar-refractivity contribution is 5.49. The zero-order valence-electron chi connectivity index (χ0n) is 14.6. The van der Waals surface area contributed by atoms with E-state index in [0.29, 0.717) is 6.61 Å². The van der Waals surface area contributed by atoms with Gasteiger partial charge in [-0.1, -0.05) is 60.7 Å². The molecule has 0 radical (unpaired) electrons. The fourth-order valence-electron chi connectivity index (χ4n) is 2.53. The van der Waals surface area contributed by atoms with E-state index in [-0.39, 0.29) is 6.10 Å². The van der Waals surface area contributed by atoms with Crippen LogP contribution in [0.2, 0.25) is 0 Å². The summed E-state index contributed by atoms with van der Waals surface area (Å²) < 4.78 is 43.6. The summed E-state index contributed by atoms with van der Waals surface area (Å²) in [7, 11) is 0. The highest BCUT2D eigenvalue weighted by Gasteiger charge is 2.29. The largest absolute Gasteiger partial charge is 0.416 e. The van der Waals surface area contributed by atoms with Crippen molar-refractivity contribution in [3.05, 3.63) is 90.0 Å². The predicted octanol–water partition coefficient (Wildman–Crippen LogP) is 6.66. The molecule has 138 valence electrons. The first kappa shape index (κ1) is 20.0. The topological polar surface area (TPSA) is 9.23 Å². The van der Waals surface area contributed by atoms with E-state index in [2.05, 4.69) is 6.58 Å². The van der Waals surface area contributed by atoms with Crippen LogP contribution in [0.3, 0.4) is 0 Å². The molecule has 1 nitrogen and oxygen atoms in total. The summed E-state index contributed by atoms with van der Waals surface area (Å²) in [6, 6.07) is 15.1. The SMILES string of the molecule is C=CCC(CC/C=C/c1ccc(C(F)(F)F)cc1)OCc1ccccc1. The van der Waals surface area contributed by atoms with E-state index in [1.54, 1.807) is 0 Å². The van der Waals surface area contributed by atoms with Crippen molar-refractivity contribution in [2.75, 3.05) is 0 Å². The van der Waals surface area contributed by atoms with Crippen LogP contribution in [-0.4, -0.2) is 6.10 Å². The molecule has 1 unspecified atom stereocenters. The summed E-state index contributed by atoms with van der Waals surface area (Å²) in [5.41, 5.74) is 1.25. The zero-order valence-corrected chi connectivity index (χ0v) is 14.6. The van der Waals surface area contributed by atoms with E-state index in [0.717, 1.165) is 42.5 Å². The molecule has 0 aliphatic heterocycles. The van der Waals surface area contributed by atoms with Crippen LogP contribution in [0.4, 0.5) is 13.2 Å². The summed E-state index contributed by atoms with van der Waals surface area (Å²) >= 11 is 0. The average Bonchev–Trinajstić information content (AvgIpc) is 2.63. The molecule has 2 aromatic carbocycles. The van der Waals surface area contributed by atoms with E-state index in [1.165, 1.54) is 12.1 Å². The zero-order chi connectivity index (χ0) is 18.8. The van der Waals surface area contributed by atoms with Crippen molar-refractivity contribution in [3.8, 4) is 0 Å². The van der Waals surface area contributed by atoms with Gasteiger partial charge >= 0.3 is 6.18 Å². The number of ether oxygens (including phenoxy) is 1. The first-order valence-electron chi connectivity index (χ1n) is 8.59. The number of allylic oxidation sites excluding steroid dienone is 1. The van der Waals surface area contributed by atoms with Gasteiger partial charge in [0.15, 0.2) is 0 Å². The van der Waals surface area contributed by atoms with Crippen LogP contribution in [0.25, 0.3) is 6.08 Å². The molecule has 0 saturated heterocycles. The maximum atomic E-state index is 12.5. The summed E-state index contributed by atoms with van der Waals surface area (Å²) in [5.74, 6) is 0. The Labute approximate surface area is 152 Å². The second-order valence-electron chi connectivity index (χ2n) is 6.04. The first-order chi connectivity index (χ1) is 12.5. The van der Waals surface area contributed by atoms with Gasteiger partial charge in [0.25, 0.3) is 0 Å². The van der Waals surface area contributed by atoms with Gasteiger partial charge in [-0.15, -0.1) is 6.58 Å². The molecule has 26 heavy (non-hydrogen) atoms. The van der Waals surface area contributed by atoms with Crippen LogP contribution >= 0.6 is 0 Å². The standard InChI is InChI=1S/C22H23F3O/c1-2-8-21(26-17-19-10-4-3-5-11-19)12-7-6-9-18-13-15-20(16-14-18)22(23,24)25/h2-6,9-11,13-16,21H,1,7-8,12,17H2/b9-6+. The van der Waals surface area contributed by atoms with Crippen molar-refractivity contribution in [1.82, 2.24) is 0 Å². The smallest absolute Gasteiger partial charge is 0.373 e. The Morgan fingerprint density at radius 3 is 2.31 bits per heavy atom. The van der Waals surface area contributed by atoms with Gasteiger partial charge < -0.3 is 4.74 Å². The normalized spacial score (nSPS) is 13.0. The molecular formula is C22H23F3O. The first-order valence-corrected chi connectivity index (χ1v) is 8.59. The van der Waals surface area contributed by atoms with E-state index in [9.17, 15) is 13.2 Å². The molecule has 0 fully saturated rings. The van der Waals surface area contributed by atoms with Crippen LogP contribution in [0, 0.1) is 0 Å². The van der Waals surface area contributed by atoms with Gasteiger partial charge in [-0.25, -0.2) is 0 Å². The Hall–Kier alpha value is -2.33. The number of hydrogen-bond acceptors (Lipinski definition) is 1. The third kappa shape index (κ3) is 6.89. The number of hydrogen-bond donors (Lipinski definition) is 0. The van der Waals surface area contributed by atoms with Crippen LogP contribution < -0.4 is 0 Å². The van der Waals surface area contributed by atoms with Crippen molar-refractivity contribution < 1.29 is 17.9 Å². The molecular weight excluding hydrogens is 337 g/mol. The Kier molecular flexibility index (Phi) is 7.67. The van der Waals surface area contributed by atoms with E-state index < -0.39 is 11.7 Å². The van der Waals surface area contributed by atoms with Crippen LogP contribution in [-0.2, 0) is 17.5 Å². The van der Waals surface area contributed by atoms with Crippen molar-refractivity contribution in [1.29, 1.82) is 0 Å². The average molecular weight is 360 g/mol. The number of benzene rings is 2. The number of halogens is 3. The minimum Gasteiger partial charge on any atom is -0.373 e. The minimum atomic E-state index is -4.30. The monoisotopic (exact) mass is 360 g/mol. The van der Waals surface area contributed by atoms with Gasteiger partial charge in [-0.3, -0.25) is 0 Å². The maximum absolute atomic E-state index is 12.5. The predicted molar refractivity (Wildman–Crippen MR) is 99.5 cm³/mol. The Morgan fingerprint density at radius 1 is 1.00 bits per heavy atom. The van der Waals surface area contributed by atoms with Crippen LogP contribution in [0.1, 0.15) is 36.0 Å². The lowest BCUT2D eigenvalue weighted by molar-refractivity contribution is -0.137. The van der Waals surface area contributed by atoms with E-state index >= 15 is 0 Å².